The van der Waals surface area contributed by atoms with Crippen molar-refractivity contribution in [2.45, 2.75) is 51.2 Å². The Morgan fingerprint density at radius 1 is 1.12 bits per heavy atom. The van der Waals surface area contributed by atoms with Gasteiger partial charge in [-0.2, -0.15) is 0 Å². The van der Waals surface area contributed by atoms with Crippen LogP contribution in [0.25, 0.3) is 0 Å². The summed E-state index contributed by atoms with van der Waals surface area (Å²) >= 11 is 0. The Bertz CT molecular complexity index is 556. The number of hydrogen-bond acceptors (Lipinski definition) is 3. The van der Waals surface area contributed by atoms with Gasteiger partial charge in [0.2, 0.25) is 0 Å². The third-order valence-corrected chi connectivity index (χ3v) is 5.40. The highest BCUT2D eigenvalue weighted by molar-refractivity contribution is 5.90. The number of ether oxygens (including phenoxy) is 1. The molecular weight excluding hydrogens is 314 g/mol. The minimum absolute atomic E-state index is 0.0167. The van der Waals surface area contributed by atoms with Gasteiger partial charge in [-0.05, 0) is 44.8 Å². The van der Waals surface area contributed by atoms with Crippen molar-refractivity contribution >= 4 is 11.7 Å². The number of benzene rings is 1. The molecule has 3 rings (SSSR count). The Morgan fingerprint density at radius 3 is 2.64 bits per heavy atom. The van der Waals surface area contributed by atoms with E-state index in [2.05, 4.69) is 10.2 Å². The highest BCUT2D eigenvalue weighted by atomic mass is 16.5. The number of rotatable bonds is 4. The molecule has 0 bridgehead atoms. The second kappa shape index (κ2) is 9.20. The zero-order valence-electron chi connectivity index (χ0n) is 15.4. The van der Waals surface area contributed by atoms with Crippen LogP contribution < -0.4 is 5.32 Å². The summed E-state index contributed by atoms with van der Waals surface area (Å²) in [6.07, 6.45) is 7.60. The molecule has 2 amide bonds. The van der Waals surface area contributed by atoms with Crippen molar-refractivity contribution in [1.29, 1.82) is 0 Å². The summed E-state index contributed by atoms with van der Waals surface area (Å²) in [7, 11) is 1.68. The van der Waals surface area contributed by atoms with Crippen LogP contribution in [0.15, 0.2) is 24.3 Å². The van der Waals surface area contributed by atoms with Gasteiger partial charge in [-0.15, -0.1) is 0 Å². The molecule has 25 heavy (non-hydrogen) atoms. The van der Waals surface area contributed by atoms with Crippen LogP contribution in [0.2, 0.25) is 0 Å². The number of methoxy groups -OCH3 is 1. The van der Waals surface area contributed by atoms with Crippen LogP contribution in [0.1, 0.15) is 44.1 Å². The van der Waals surface area contributed by atoms with E-state index in [1.54, 1.807) is 7.11 Å². The summed E-state index contributed by atoms with van der Waals surface area (Å²) in [5, 5.41) is 3.09. The van der Waals surface area contributed by atoms with Gasteiger partial charge in [0.05, 0.1) is 6.61 Å². The Morgan fingerprint density at radius 2 is 1.88 bits per heavy atom. The number of nitrogens with one attached hydrogen (secondary N) is 1. The summed E-state index contributed by atoms with van der Waals surface area (Å²) in [5.74, 6) is 0. The maximum absolute atomic E-state index is 12.8. The van der Waals surface area contributed by atoms with E-state index in [4.69, 9.17) is 4.74 Å². The van der Waals surface area contributed by atoms with Crippen molar-refractivity contribution in [1.82, 2.24) is 9.80 Å². The quantitative estimate of drug-likeness (QED) is 0.905. The number of anilines is 1. The molecule has 2 fully saturated rings. The fraction of sp³-hybridized carbons (Fsp3) is 0.650. The maximum atomic E-state index is 12.8. The molecule has 2 aliphatic heterocycles. The van der Waals surface area contributed by atoms with Gasteiger partial charge >= 0.3 is 6.03 Å². The van der Waals surface area contributed by atoms with Crippen molar-refractivity contribution in [3.8, 4) is 0 Å². The molecule has 1 unspecified atom stereocenters. The maximum Gasteiger partial charge on any atom is 0.321 e. The SMILES string of the molecule is COCc1ccccc1NC(=O)N1CCCC(N2CCCCCC2)C1. The van der Waals surface area contributed by atoms with E-state index in [0.717, 1.165) is 30.8 Å². The minimum Gasteiger partial charge on any atom is -0.380 e. The van der Waals surface area contributed by atoms with Gasteiger partial charge in [-0.1, -0.05) is 31.0 Å². The first-order valence-corrected chi connectivity index (χ1v) is 9.65. The first-order valence-electron chi connectivity index (χ1n) is 9.65. The molecule has 0 radical (unpaired) electrons. The van der Waals surface area contributed by atoms with Crippen molar-refractivity contribution < 1.29 is 9.53 Å². The van der Waals surface area contributed by atoms with E-state index in [1.165, 1.54) is 45.2 Å². The van der Waals surface area contributed by atoms with Gasteiger partial charge in [-0.3, -0.25) is 4.90 Å². The summed E-state index contributed by atoms with van der Waals surface area (Å²) < 4.78 is 5.23. The highest BCUT2D eigenvalue weighted by Gasteiger charge is 2.28. The Labute approximate surface area is 151 Å². The normalized spacial score (nSPS) is 22.4. The van der Waals surface area contributed by atoms with Crippen molar-refractivity contribution in [2.24, 2.45) is 0 Å². The summed E-state index contributed by atoms with van der Waals surface area (Å²) in [5.41, 5.74) is 1.87. The molecule has 0 spiro atoms. The molecule has 1 atom stereocenters. The molecule has 1 N–H and O–H groups in total. The Balaban J connectivity index is 1.60. The van der Waals surface area contributed by atoms with Crippen molar-refractivity contribution in [3.05, 3.63) is 29.8 Å². The smallest absolute Gasteiger partial charge is 0.321 e. The number of carbonyl (C=O) groups excluding carboxylic acids is 1. The largest absolute Gasteiger partial charge is 0.380 e. The highest BCUT2D eigenvalue weighted by Crippen LogP contribution is 2.22. The number of carbonyl (C=O) groups is 1. The molecule has 2 aliphatic rings. The summed E-state index contributed by atoms with van der Waals surface area (Å²) in [6, 6.07) is 8.40. The van der Waals surface area contributed by atoms with Gasteiger partial charge in [-0.25, -0.2) is 4.79 Å². The predicted molar refractivity (Wildman–Crippen MR) is 101 cm³/mol. The number of para-hydroxylation sites is 1. The van der Waals surface area contributed by atoms with Crippen LogP contribution in [0.4, 0.5) is 10.5 Å². The molecule has 2 saturated heterocycles. The molecule has 5 heteroatoms. The number of urea groups is 1. The van der Waals surface area contributed by atoms with Crippen LogP contribution >= 0.6 is 0 Å². The molecule has 0 saturated carbocycles. The standard InChI is InChI=1S/C20H31N3O2/c1-25-16-17-9-4-5-11-19(17)21-20(24)23-14-8-10-18(15-23)22-12-6-2-3-7-13-22/h4-5,9,11,18H,2-3,6-8,10,12-16H2,1H3,(H,21,24). The monoisotopic (exact) mass is 345 g/mol. The van der Waals surface area contributed by atoms with E-state index in [0.29, 0.717) is 12.6 Å². The molecule has 138 valence electrons. The van der Waals surface area contributed by atoms with Crippen molar-refractivity contribution in [3.63, 3.8) is 0 Å². The lowest BCUT2D eigenvalue weighted by molar-refractivity contribution is 0.116. The lowest BCUT2D eigenvalue weighted by Gasteiger charge is -2.39. The lowest BCUT2D eigenvalue weighted by Crippen LogP contribution is -2.51. The number of piperidine rings is 1. The van der Waals surface area contributed by atoms with Crippen molar-refractivity contribution in [2.75, 3.05) is 38.6 Å². The topological polar surface area (TPSA) is 44.8 Å². The average Bonchev–Trinajstić information content (AvgIpc) is 2.93. The van der Waals surface area contributed by atoms with Crippen LogP contribution in [0, 0.1) is 0 Å². The number of amides is 2. The second-order valence-corrected chi connectivity index (χ2v) is 7.21. The van der Waals surface area contributed by atoms with Crippen LogP contribution in [0.3, 0.4) is 0 Å². The first-order chi connectivity index (χ1) is 12.3. The van der Waals surface area contributed by atoms with Crippen LogP contribution in [-0.4, -0.2) is 55.2 Å². The zero-order chi connectivity index (χ0) is 17.5. The van der Waals surface area contributed by atoms with E-state index in [1.807, 2.05) is 29.2 Å². The van der Waals surface area contributed by atoms with Crippen LogP contribution in [0.5, 0.6) is 0 Å². The Hall–Kier alpha value is -1.59. The van der Waals surface area contributed by atoms with E-state index >= 15 is 0 Å². The average molecular weight is 345 g/mol. The third kappa shape index (κ3) is 4.95. The lowest BCUT2D eigenvalue weighted by atomic mass is 10.0. The molecule has 0 aliphatic carbocycles. The van der Waals surface area contributed by atoms with Gasteiger partial charge in [0.1, 0.15) is 0 Å². The molecular formula is C20H31N3O2. The van der Waals surface area contributed by atoms with Gasteiger partial charge in [0, 0.05) is 37.5 Å². The molecule has 1 aromatic rings. The molecule has 5 nitrogen and oxygen atoms in total. The van der Waals surface area contributed by atoms with Gasteiger partial charge in [0.25, 0.3) is 0 Å². The summed E-state index contributed by atoms with van der Waals surface area (Å²) in [6.45, 7) is 4.58. The molecule has 2 heterocycles. The Kier molecular flexibility index (Phi) is 6.70. The van der Waals surface area contributed by atoms with E-state index < -0.39 is 0 Å². The fourth-order valence-corrected chi connectivity index (χ4v) is 4.02. The minimum atomic E-state index is 0.0167. The van der Waals surface area contributed by atoms with E-state index in [-0.39, 0.29) is 6.03 Å². The summed E-state index contributed by atoms with van der Waals surface area (Å²) in [4.78, 5) is 17.4. The number of hydrogen-bond donors (Lipinski definition) is 1. The third-order valence-electron chi connectivity index (χ3n) is 5.40. The fourth-order valence-electron chi connectivity index (χ4n) is 4.02. The molecule has 0 aromatic heterocycles. The zero-order valence-corrected chi connectivity index (χ0v) is 15.4. The van der Waals surface area contributed by atoms with Gasteiger partial charge in [0.15, 0.2) is 0 Å². The van der Waals surface area contributed by atoms with E-state index in [9.17, 15) is 4.79 Å². The van der Waals surface area contributed by atoms with Gasteiger partial charge < -0.3 is 15.0 Å². The number of nitrogens with zero attached hydrogens (tertiary/aromatic N) is 2. The number of likely N-dealkylation sites (tertiary alicyclic amines) is 2. The first kappa shape index (κ1) is 18.2. The predicted octanol–water partition coefficient (Wildman–Crippen LogP) is 3.71. The molecule has 1 aromatic carbocycles. The second-order valence-electron chi connectivity index (χ2n) is 7.21. The van der Waals surface area contributed by atoms with Crippen LogP contribution in [-0.2, 0) is 11.3 Å².